The predicted octanol–water partition coefficient (Wildman–Crippen LogP) is 3.76. The number of nitrogens with zero attached hydrogens (tertiary/aromatic N) is 1. The van der Waals surface area contributed by atoms with Crippen LogP contribution < -0.4 is 4.74 Å². The van der Waals surface area contributed by atoms with Crippen LogP contribution in [0, 0.1) is 33.3 Å². The van der Waals surface area contributed by atoms with Crippen molar-refractivity contribution in [1.29, 1.82) is 0 Å². The molecule has 0 amide bonds. The summed E-state index contributed by atoms with van der Waals surface area (Å²) in [5.74, 6) is 2.45. The molecule has 1 aromatic carbocycles. The molecule has 0 spiro atoms. The van der Waals surface area contributed by atoms with E-state index in [-0.39, 0.29) is 29.2 Å². The van der Waals surface area contributed by atoms with Gasteiger partial charge in [-0.1, -0.05) is 12.1 Å². The molecule has 0 heterocycles. The van der Waals surface area contributed by atoms with Crippen LogP contribution in [-0.2, 0) is 4.79 Å². The van der Waals surface area contributed by atoms with E-state index in [1.807, 2.05) is 0 Å². The van der Waals surface area contributed by atoms with Gasteiger partial charge in [-0.2, -0.15) is 0 Å². The van der Waals surface area contributed by atoms with Gasteiger partial charge in [-0.25, -0.2) is 0 Å². The summed E-state index contributed by atoms with van der Waals surface area (Å²) in [5.41, 5.74) is -0.288. The lowest BCUT2D eigenvalue weighted by atomic mass is 9.48. The Morgan fingerprint density at radius 1 is 1.13 bits per heavy atom. The highest BCUT2D eigenvalue weighted by atomic mass is 16.6. The zero-order valence-electron chi connectivity index (χ0n) is 13.1. The number of carbonyl (C=O) groups is 1. The van der Waals surface area contributed by atoms with Crippen LogP contribution in [0.25, 0.3) is 0 Å². The van der Waals surface area contributed by atoms with Crippen molar-refractivity contribution in [3.05, 3.63) is 34.4 Å². The number of nitro benzene ring substituents is 1. The first-order valence-electron chi connectivity index (χ1n) is 8.45. The number of rotatable bonds is 5. The smallest absolute Gasteiger partial charge is 0.310 e. The lowest BCUT2D eigenvalue weighted by Crippen LogP contribution is -2.51. The second kappa shape index (κ2) is 5.32. The minimum atomic E-state index is -0.468. The summed E-state index contributed by atoms with van der Waals surface area (Å²) in [4.78, 5) is 23.4. The number of Topliss-reactive ketones (excluding diaryl/α,β-unsaturated/α-hetero) is 1. The maximum atomic E-state index is 12.9. The quantitative estimate of drug-likeness (QED) is 0.613. The highest BCUT2D eigenvalue weighted by molar-refractivity contribution is 5.86. The van der Waals surface area contributed by atoms with Crippen molar-refractivity contribution >= 4 is 11.5 Å². The van der Waals surface area contributed by atoms with Gasteiger partial charge in [0.25, 0.3) is 0 Å². The Morgan fingerprint density at radius 3 is 2.26 bits per heavy atom. The number of ketones is 1. The molecule has 23 heavy (non-hydrogen) atoms. The molecule has 0 aliphatic heterocycles. The van der Waals surface area contributed by atoms with Crippen molar-refractivity contribution < 1.29 is 14.5 Å². The van der Waals surface area contributed by atoms with Crippen LogP contribution in [0.5, 0.6) is 5.75 Å². The van der Waals surface area contributed by atoms with E-state index in [9.17, 15) is 14.9 Å². The summed E-state index contributed by atoms with van der Waals surface area (Å²) >= 11 is 0. The molecule has 5 rings (SSSR count). The van der Waals surface area contributed by atoms with Crippen molar-refractivity contribution in [3.63, 3.8) is 0 Å². The van der Waals surface area contributed by atoms with Crippen molar-refractivity contribution in [3.8, 4) is 5.75 Å². The lowest BCUT2D eigenvalue weighted by Gasteiger charge is -2.55. The van der Waals surface area contributed by atoms with E-state index < -0.39 is 4.92 Å². The number of carbonyl (C=O) groups excluding carboxylic acids is 1. The number of benzene rings is 1. The molecule has 5 nitrogen and oxygen atoms in total. The number of ether oxygens (including phenoxy) is 1. The van der Waals surface area contributed by atoms with Gasteiger partial charge in [-0.15, -0.1) is 0 Å². The molecule has 0 saturated heterocycles. The van der Waals surface area contributed by atoms with Gasteiger partial charge in [0.2, 0.25) is 0 Å². The molecule has 0 aromatic heterocycles. The fourth-order valence-corrected chi connectivity index (χ4v) is 5.48. The fraction of sp³-hybridized carbons (Fsp3) is 0.611. The molecule has 4 aliphatic rings. The van der Waals surface area contributed by atoms with E-state index in [4.69, 9.17) is 4.74 Å². The lowest BCUT2D eigenvalue weighted by molar-refractivity contribution is -0.385. The maximum absolute atomic E-state index is 12.9. The molecular formula is C18H21NO4. The predicted molar refractivity (Wildman–Crippen MR) is 84.2 cm³/mol. The number of hydrogen-bond donors (Lipinski definition) is 0. The zero-order chi connectivity index (χ0) is 16.0. The molecule has 4 bridgehead atoms. The van der Waals surface area contributed by atoms with Gasteiger partial charge in [-0.05, 0) is 62.3 Å². The number of hydrogen-bond acceptors (Lipinski definition) is 4. The summed E-state index contributed by atoms with van der Waals surface area (Å²) in [5, 5.41) is 11.0. The van der Waals surface area contributed by atoms with E-state index in [0.717, 1.165) is 19.3 Å². The molecule has 5 heteroatoms. The van der Waals surface area contributed by atoms with E-state index in [1.165, 1.54) is 25.3 Å². The molecule has 0 atom stereocenters. The summed E-state index contributed by atoms with van der Waals surface area (Å²) < 4.78 is 5.56. The largest absolute Gasteiger partial charge is 0.479 e. The Balaban J connectivity index is 1.48. The van der Waals surface area contributed by atoms with E-state index in [0.29, 0.717) is 17.8 Å². The first kappa shape index (κ1) is 14.7. The Labute approximate surface area is 135 Å². The molecule has 0 unspecified atom stereocenters. The minimum Gasteiger partial charge on any atom is -0.479 e. The SMILES string of the molecule is O=C(COc1ccccc1[N+](=O)[O-])C12CC3CC(CC(C3)C1)C2. The van der Waals surface area contributed by atoms with Crippen LogP contribution in [0.3, 0.4) is 0 Å². The highest BCUT2D eigenvalue weighted by Crippen LogP contribution is 2.60. The van der Waals surface area contributed by atoms with Crippen LogP contribution in [-0.4, -0.2) is 17.3 Å². The van der Waals surface area contributed by atoms with E-state index in [1.54, 1.807) is 18.2 Å². The number of nitro groups is 1. The van der Waals surface area contributed by atoms with Crippen LogP contribution >= 0.6 is 0 Å². The summed E-state index contributed by atoms with van der Waals surface area (Å²) in [6.07, 6.45) is 6.86. The van der Waals surface area contributed by atoms with Gasteiger partial charge in [0.15, 0.2) is 11.5 Å². The minimum absolute atomic E-state index is 0.0446. The van der Waals surface area contributed by atoms with Gasteiger partial charge in [0, 0.05) is 11.5 Å². The van der Waals surface area contributed by atoms with Crippen LogP contribution in [0.2, 0.25) is 0 Å². The van der Waals surface area contributed by atoms with Crippen LogP contribution in [0.15, 0.2) is 24.3 Å². The van der Waals surface area contributed by atoms with E-state index in [2.05, 4.69) is 0 Å². The first-order valence-corrected chi connectivity index (χ1v) is 8.45. The molecule has 122 valence electrons. The van der Waals surface area contributed by atoms with E-state index >= 15 is 0 Å². The van der Waals surface area contributed by atoms with Gasteiger partial charge in [-0.3, -0.25) is 14.9 Å². The normalized spacial score (nSPS) is 34.3. The average molecular weight is 315 g/mol. The third-order valence-electron chi connectivity index (χ3n) is 6.05. The molecule has 4 fully saturated rings. The van der Waals surface area contributed by atoms with Crippen molar-refractivity contribution in [2.75, 3.05) is 6.61 Å². The second-order valence-corrected chi connectivity index (χ2v) is 7.63. The average Bonchev–Trinajstić information content (AvgIpc) is 2.51. The second-order valence-electron chi connectivity index (χ2n) is 7.63. The maximum Gasteiger partial charge on any atom is 0.310 e. The van der Waals surface area contributed by atoms with Gasteiger partial charge < -0.3 is 4.74 Å². The molecule has 1 aromatic rings. The molecule has 4 aliphatic carbocycles. The molecule has 0 N–H and O–H groups in total. The Morgan fingerprint density at radius 2 is 1.70 bits per heavy atom. The Hall–Kier alpha value is -1.91. The Kier molecular flexibility index (Phi) is 3.39. The van der Waals surface area contributed by atoms with Gasteiger partial charge in [0.05, 0.1) is 4.92 Å². The van der Waals surface area contributed by atoms with Crippen molar-refractivity contribution in [2.24, 2.45) is 23.2 Å². The van der Waals surface area contributed by atoms with Crippen LogP contribution in [0.1, 0.15) is 38.5 Å². The topological polar surface area (TPSA) is 69.4 Å². The first-order chi connectivity index (χ1) is 11.1. The zero-order valence-corrected chi connectivity index (χ0v) is 13.1. The highest BCUT2D eigenvalue weighted by Gasteiger charge is 2.54. The molecular weight excluding hydrogens is 294 g/mol. The summed E-state index contributed by atoms with van der Waals surface area (Å²) in [6.45, 7) is -0.0446. The molecule has 0 radical (unpaired) electrons. The standard InChI is InChI=1S/C18H21NO4/c20-17(11-23-16-4-2-1-3-15(16)19(21)22)18-8-12-5-13(9-18)7-14(6-12)10-18/h1-4,12-14H,5-11H2. The Bertz CT molecular complexity index is 619. The fourth-order valence-electron chi connectivity index (χ4n) is 5.48. The van der Waals surface area contributed by atoms with Gasteiger partial charge >= 0.3 is 5.69 Å². The van der Waals surface area contributed by atoms with Crippen molar-refractivity contribution in [1.82, 2.24) is 0 Å². The monoisotopic (exact) mass is 315 g/mol. The third-order valence-corrected chi connectivity index (χ3v) is 6.05. The third kappa shape index (κ3) is 2.52. The summed E-state index contributed by atoms with van der Waals surface area (Å²) in [6, 6.07) is 6.26. The van der Waals surface area contributed by atoms with Gasteiger partial charge in [0.1, 0.15) is 6.61 Å². The van der Waals surface area contributed by atoms with Crippen LogP contribution in [0.4, 0.5) is 5.69 Å². The molecule has 4 saturated carbocycles. The number of para-hydroxylation sites is 2. The van der Waals surface area contributed by atoms with Crippen molar-refractivity contribution in [2.45, 2.75) is 38.5 Å². The summed E-state index contributed by atoms with van der Waals surface area (Å²) in [7, 11) is 0.